The molecule has 0 unspecified atom stereocenters. The van der Waals surface area contributed by atoms with E-state index in [-0.39, 0.29) is 18.2 Å². The van der Waals surface area contributed by atoms with Crippen LogP contribution >= 0.6 is 0 Å². The van der Waals surface area contributed by atoms with Crippen LogP contribution in [-0.4, -0.2) is 29.7 Å². The number of nitrogens with zero attached hydrogens (tertiary/aromatic N) is 1. The average molecular weight is 340 g/mol. The minimum absolute atomic E-state index is 0.0512. The molecule has 2 aromatic carbocycles. The van der Waals surface area contributed by atoms with E-state index in [1.165, 1.54) is 5.56 Å². The number of fused-ring (bicyclic) bond motifs is 1. The molecule has 132 valence electrons. The van der Waals surface area contributed by atoms with Gasteiger partial charge in [0, 0.05) is 23.8 Å². The van der Waals surface area contributed by atoms with Gasteiger partial charge in [0.2, 0.25) is 12.7 Å². The Kier molecular flexibility index (Phi) is 4.95. The number of rotatable bonds is 5. The third-order valence-electron chi connectivity index (χ3n) is 4.16. The fourth-order valence-corrected chi connectivity index (χ4v) is 2.68. The van der Waals surface area contributed by atoms with Crippen LogP contribution in [0.5, 0.6) is 11.5 Å². The van der Waals surface area contributed by atoms with Gasteiger partial charge >= 0.3 is 0 Å². The molecule has 5 nitrogen and oxygen atoms in total. The molecular weight excluding hydrogens is 316 g/mol. The normalized spacial score (nSPS) is 13.1. The average Bonchev–Trinajstić information content (AvgIpc) is 3.02. The molecule has 2 aromatic rings. The highest BCUT2D eigenvalue weighted by atomic mass is 16.7. The molecule has 1 heterocycles. The van der Waals surface area contributed by atoms with E-state index in [2.05, 4.69) is 43.1 Å². The van der Waals surface area contributed by atoms with Gasteiger partial charge in [0.1, 0.15) is 0 Å². The Morgan fingerprint density at radius 2 is 1.80 bits per heavy atom. The van der Waals surface area contributed by atoms with E-state index in [9.17, 15) is 4.79 Å². The number of anilines is 1. The van der Waals surface area contributed by atoms with Crippen LogP contribution < -0.4 is 14.8 Å². The fourth-order valence-electron chi connectivity index (χ4n) is 2.68. The Labute approximate surface area is 148 Å². The molecule has 0 saturated heterocycles. The molecule has 1 amide bonds. The molecule has 0 aliphatic carbocycles. The quantitative estimate of drug-likeness (QED) is 0.902. The first-order chi connectivity index (χ1) is 11.9. The molecule has 0 atom stereocenters. The second-order valence-electron chi connectivity index (χ2n) is 7.13. The zero-order valence-electron chi connectivity index (χ0n) is 14.9. The predicted octanol–water partition coefficient (Wildman–Crippen LogP) is 3.65. The van der Waals surface area contributed by atoms with Crippen molar-refractivity contribution in [3.8, 4) is 11.5 Å². The first-order valence-electron chi connectivity index (χ1n) is 8.40. The molecule has 0 fully saturated rings. The van der Waals surface area contributed by atoms with Crippen LogP contribution in [0.15, 0.2) is 48.5 Å². The monoisotopic (exact) mass is 340 g/mol. The number of hydrogen-bond donors (Lipinski definition) is 1. The Balaban J connectivity index is 1.66. The van der Waals surface area contributed by atoms with Crippen molar-refractivity contribution in [3.05, 3.63) is 54.1 Å². The number of carbonyl (C=O) groups is 1. The highest BCUT2D eigenvalue weighted by Crippen LogP contribution is 2.34. The molecule has 1 aliphatic rings. The number of nitrogens with one attached hydrogen (secondary N) is 1. The van der Waals surface area contributed by atoms with Gasteiger partial charge in [-0.25, -0.2) is 0 Å². The summed E-state index contributed by atoms with van der Waals surface area (Å²) in [6.45, 7) is 7.60. The van der Waals surface area contributed by atoms with Crippen LogP contribution in [0.3, 0.4) is 0 Å². The smallest absolute Gasteiger partial charge is 0.238 e. The molecule has 25 heavy (non-hydrogen) atoms. The van der Waals surface area contributed by atoms with Crippen LogP contribution in [0.1, 0.15) is 26.3 Å². The van der Waals surface area contributed by atoms with Crippen molar-refractivity contribution in [2.45, 2.75) is 32.9 Å². The summed E-state index contributed by atoms with van der Waals surface area (Å²) in [6, 6.07) is 15.6. The van der Waals surface area contributed by atoms with Gasteiger partial charge in [-0.3, -0.25) is 9.69 Å². The SMILES string of the molecule is CC(C)(C)N(CC(=O)Nc1ccc2c(c1)OCO2)Cc1ccccc1. The van der Waals surface area contributed by atoms with Gasteiger partial charge in [0.25, 0.3) is 0 Å². The Bertz CT molecular complexity index is 738. The van der Waals surface area contributed by atoms with E-state index in [1.807, 2.05) is 30.3 Å². The van der Waals surface area contributed by atoms with Crippen molar-refractivity contribution in [2.75, 3.05) is 18.7 Å². The first kappa shape index (κ1) is 17.3. The molecule has 3 rings (SSSR count). The standard InChI is InChI=1S/C20H24N2O3/c1-20(2,3)22(12-15-7-5-4-6-8-15)13-19(23)21-16-9-10-17-18(11-16)25-14-24-17/h4-11H,12-14H2,1-3H3,(H,21,23). The lowest BCUT2D eigenvalue weighted by atomic mass is 10.0. The third-order valence-corrected chi connectivity index (χ3v) is 4.16. The summed E-state index contributed by atoms with van der Waals surface area (Å²) in [7, 11) is 0. The first-order valence-corrected chi connectivity index (χ1v) is 8.40. The molecule has 1 aliphatic heterocycles. The molecule has 5 heteroatoms. The van der Waals surface area contributed by atoms with Crippen molar-refractivity contribution in [1.29, 1.82) is 0 Å². The van der Waals surface area contributed by atoms with Crippen LogP contribution in [0.2, 0.25) is 0 Å². The highest BCUT2D eigenvalue weighted by molar-refractivity contribution is 5.92. The van der Waals surface area contributed by atoms with Gasteiger partial charge in [-0.2, -0.15) is 0 Å². The number of amides is 1. The Morgan fingerprint density at radius 3 is 2.52 bits per heavy atom. The maximum atomic E-state index is 12.5. The lowest BCUT2D eigenvalue weighted by Gasteiger charge is -2.35. The van der Waals surface area contributed by atoms with E-state index in [1.54, 1.807) is 6.07 Å². The summed E-state index contributed by atoms with van der Waals surface area (Å²) < 4.78 is 10.6. The van der Waals surface area contributed by atoms with Gasteiger partial charge < -0.3 is 14.8 Å². The molecule has 0 bridgehead atoms. The van der Waals surface area contributed by atoms with Crippen molar-refractivity contribution >= 4 is 11.6 Å². The Morgan fingerprint density at radius 1 is 1.08 bits per heavy atom. The highest BCUT2D eigenvalue weighted by Gasteiger charge is 2.24. The van der Waals surface area contributed by atoms with E-state index in [0.717, 1.165) is 6.54 Å². The Hall–Kier alpha value is -2.53. The summed E-state index contributed by atoms with van der Waals surface area (Å²) in [5.41, 5.74) is 1.78. The zero-order chi connectivity index (χ0) is 17.9. The molecule has 0 spiro atoms. The summed E-state index contributed by atoms with van der Waals surface area (Å²) in [6.07, 6.45) is 0. The molecule has 0 aromatic heterocycles. The van der Waals surface area contributed by atoms with Gasteiger partial charge in [0.15, 0.2) is 11.5 Å². The van der Waals surface area contributed by atoms with Crippen molar-refractivity contribution in [3.63, 3.8) is 0 Å². The van der Waals surface area contributed by atoms with E-state index in [0.29, 0.717) is 23.7 Å². The second kappa shape index (κ2) is 7.15. The predicted molar refractivity (Wildman–Crippen MR) is 97.8 cm³/mol. The number of ether oxygens (including phenoxy) is 2. The molecule has 1 N–H and O–H groups in total. The molecular formula is C20H24N2O3. The van der Waals surface area contributed by atoms with Gasteiger partial charge in [0.05, 0.1) is 6.54 Å². The molecule has 0 radical (unpaired) electrons. The minimum Gasteiger partial charge on any atom is -0.454 e. The van der Waals surface area contributed by atoms with Crippen molar-refractivity contribution in [2.24, 2.45) is 0 Å². The van der Waals surface area contributed by atoms with Gasteiger partial charge in [-0.05, 0) is 38.5 Å². The largest absolute Gasteiger partial charge is 0.454 e. The number of hydrogen-bond acceptors (Lipinski definition) is 4. The number of benzene rings is 2. The zero-order valence-corrected chi connectivity index (χ0v) is 14.9. The van der Waals surface area contributed by atoms with Gasteiger partial charge in [-0.15, -0.1) is 0 Å². The number of carbonyl (C=O) groups excluding carboxylic acids is 1. The van der Waals surface area contributed by atoms with Crippen LogP contribution in [0.25, 0.3) is 0 Å². The van der Waals surface area contributed by atoms with E-state index in [4.69, 9.17) is 9.47 Å². The maximum Gasteiger partial charge on any atom is 0.238 e. The summed E-state index contributed by atoms with van der Waals surface area (Å²) in [5, 5.41) is 2.94. The van der Waals surface area contributed by atoms with Crippen LogP contribution in [0.4, 0.5) is 5.69 Å². The van der Waals surface area contributed by atoms with Crippen molar-refractivity contribution in [1.82, 2.24) is 4.90 Å². The summed E-state index contributed by atoms with van der Waals surface area (Å²) >= 11 is 0. The van der Waals surface area contributed by atoms with E-state index >= 15 is 0 Å². The van der Waals surface area contributed by atoms with Crippen LogP contribution in [0, 0.1) is 0 Å². The lowest BCUT2D eigenvalue weighted by molar-refractivity contribution is -0.118. The summed E-state index contributed by atoms with van der Waals surface area (Å²) in [4.78, 5) is 14.7. The van der Waals surface area contributed by atoms with E-state index < -0.39 is 0 Å². The van der Waals surface area contributed by atoms with Crippen molar-refractivity contribution < 1.29 is 14.3 Å². The third kappa shape index (κ3) is 4.51. The molecule has 0 saturated carbocycles. The topological polar surface area (TPSA) is 50.8 Å². The fraction of sp³-hybridized carbons (Fsp3) is 0.350. The second-order valence-corrected chi connectivity index (χ2v) is 7.13. The summed E-state index contributed by atoms with van der Waals surface area (Å²) in [5.74, 6) is 1.32. The maximum absolute atomic E-state index is 12.5. The van der Waals surface area contributed by atoms with Gasteiger partial charge in [-0.1, -0.05) is 30.3 Å². The van der Waals surface area contributed by atoms with Crippen LogP contribution in [-0.2, 0) is 11.3 Å². The lowest BCUT2D eigenvalue weighted by Crippen LogP contribution is -2.45. The minimum atomic E-state index is -0.123.